The number of aromatic nitrogens is 5. The van der Waals surface area contributed by atoms with E-state index < -0.39 is 0 Å². The molecule has 1 saturated heterocycles. The minimum absolute atomic E-state index is 0.0162. The van der Waals surface area contributed by atoms with Crippen LogP contribution in [-0.4, -0.2) is 49.1 Å². The quantitative estimate of drug-likeness (QED) is 0.928. The van der Waals surface area contributed by atoms with Gasteiger partial charge in [0.15, 0.2) is 0 Å². The zero-order valence-corrected chi connectivity index (χ0v) is 12.6. The number of carbonyl (C=O) groups excluding carboxylic acids is 1. The van der Waals surface area contributed by atoms with Crippen LogP contribution in [0.25, 0.3) is 0 Å². The highest BCUT2D eigenvalue weighted by Gasteiger charge is 2.29. The van der Waals surface area contributed by atoms with E-state index in [0.29, 0.717) is 18.2 Å². The number of nitrogens with zero attached hydrogens (tertiary/aromatic N) is 5. The van der Waals surface area contributed by atoms with Crippen LogP contribution in [0.1, 0.15) is 54.1 Å². The van der Waals surface area contributed by atoms with Gasteiger partial charge in [-0.2, -0.15) is 5.10 Å². The minimum Gasteiger partial charge on any atom is -0.335 e. The highest BCUT2D eigenvalue weighted by molar-refractivity contribution is 5.92. The fourth-order valence-corrected chi connectivity index (χ4v) is 2.59. The Labute approximate surface area is 123 Å². The van der Waals surface area contributed by atoms with Crippen molar-refractivity contribution in [3.8, 4) is 0 Å². The van der Waals surface area contributed by atoms with Crippen molar-refractivity contribution in [2.45, 2.75) is 39.2 Å². The zero-order valence-electron chi connectivity index (χ0n) is 12.6. The molecule has 1 unspecified atom stereocenters. The molecule has 0 bridgehead atoms. The summed E-state index contributed by atoms with van der Waals surface area (Å²) in [4.78, 5) is 14.3. The highest BCUT2D eigenvalue weighted by atomic mass is 16.2. The van der Waals surface area contributed by atoms with Crippen LogP contribution < -0.4 is 0 Å². The molecule has 3 rings (SSSR count). The Bertz CT molecular complexity index is 643. The van der Waals surface area contributed by atoms with Gasteiger partial charge in [-0.05, 0) is 25.3 Å². The number of amides is 1. The molecular formula is C14H20N6O. The van der Waals surface area contributed by atoms with Crippen LogP contribution in [0.4, 0.5) is 0 Å². The summed E-state index contributed by atoms with van der Waals surface area (Å²) in [6.07, 6.45) is 2.82. The van der Waals surface area contributed by atoms with E-state index in [1.807, 2.05) is 28.8 Å². The van der Waals surface area contributed by atoms with Crippen LogP contribution >= 0.6 is 0 Å². The van der Waals surface area contributed by atoms with Gasteiger partial charge >= 0.3 is 0 Å². The first kappa shape index (κ1) is 13.8. The summed E-state index contributed by atoms with van der Waals surface area (Å²) in [5.74, 6) is 0.320. The Morgan fingerprint density at radius 3 is 2.90 bits per heavy atom. The Balaban J connectivity index is 1.69. The van der Waals surface area contributed by atoms with Crippen LogP contribution in [-0.2, 0) is 0 Å². The van der Waals surface area contributed by atoms with E-state index in [-0.39, 0.29) is 11.9 Å². The maximum atomic E-state index is 12.5. The average molecular weight is 288 g/mol. The second-order valence-electron chi connectivity index (χ2n) is 5.90. The van der Waals surface area contributed by atoms with E-state index in [4.69, 9.17) is 0 Å². The Morgan fingerprint density at radius 2 is 2.29 bits per heavy atom. The molecule has 112 valence electrons. The van der Waals surface area contributed by atoms with E-state index in [2.05, 4.69) is 34.4 Å². The van der Waals surface area contributed by atoms with Crippen molar-refractivity contribution in [3.63, 3.8) is 0 Å². The molecule has 0 aliphatic carbocycles. The van der Waals surface area contributed by atoms with Crippen LogP contribution in [0.5, 0.6) is 0 Å². The standard InChI is InChI=1S/C14H20N6O/c1-9(2)12-6-13(17-16-12)14(21)19-5-4-11(8-19)20-7-10(3)15-18-20/h6-7,9,11H,4-5,8H2,1-3H3,(H,16,17). The second kappa shape index (κ2) is 5.31. The molecule has 1 amide bonds. The third kappa shape index (κ3) is 2.68. The fourth-order valence-electron chi connectivity index (χ4n) is 2.59. The molecule has 1 N–H and O–H groups in total. The molecule has 0 radical (unpaired) electrons. The minimum atomic E-state index is -0.0162. The molecule has 1 aliphatic rings. The predicted octanol–water partition coefficient (Wildman–Crippen LogP) is 1.52. The molecule has 1 aliphatic heterocycles. The molecule has 7 nitrogen and oxygen atoms in total. The topological polar surface area (TPSA) is 79.7 Å². The number of aryl methyl sites for hydroxylation is 1. The molecule has 0 aromatic carbocycles. The smallest absolute Gasteiger partial charge is 0.274 e. The van der Waals surface area contributed by atoms with E-state index in [1.54, 1.807) is 0 Å². The van der Waals surface area contributed by atoms with E-state index >= 15 is 0 Å². The van der Waals surface area contributed by atoms with Gasteiger partial charge < -0.3 is 4.90 Å². The van der Waals surface area contributed by atoms with Gasteiger partial charge in [-0.25, -0.2) is 4.68 Å². The first-order chi connectivity index (χ1) is 10.0. The number of carbonyl (C=O) groups is 1. The third-order valence-corrected chi connectivity index (χ3v) is 3.89. The summed E-state index contributed by atoms with van der Waals surface area (Å²) in [6, 6.07) is 2.05. The van der Waals surface area contributed by atoms with Gasteiger partial charge in [-0.15, -0.1) is 5.10 Å². The van der Waals surface area contributed by atoms with Gasteiger partial charge in [0.25, 0.3) is 5.91 Å². The van der Waals surface area contributed by atoms with Crippen molar-refractivity contribution in [3.05, 3.63) is 29.3 Å². The van der Waals surface area contributed by atoms with Gasteiger partial charge in [0.2, 0.25) is 0 Å². The number of rotatable bonds is 3. The molecule has 1 fully saturated rings. The summed E-state index contributed by atoms with van der Waals surface area (Å²) >= 11 is 0. The molecular weight excluding hydrogens is 268 g/mol. The number of nitrogens with one attached hydrogen (secondary N) is 1. The molecule has 3 heterocycles. The Morgan fingerprint density at radius 1 is 1.48 bits per heavy atom. The van der Waals surface area contributed by atoms with E-state index in [0.717, 1.165) is 24.4 Å². The normalized spacial score (nSPS) is 18.7. The van der Waals surface area contributed by atoms with Gasteiger partial charge in [-0.3, -0.25) is 9.89 Å². The number of likely N-dealkylation sites (tertiary alicyclic amines) is 1. The van der Waals surface area contributed by atoms with Crippen LogP contribution in [0.2, 0.25) is 0 Å². The lowest BCUT2D eigenvalue weighted by Crippen LogP contribution is -2.29. The lowest BCUT2D eigenvalue weighted by Gasteiger charge is -2.14. The predicted molar refractivity (Wildman–Crippen MR) is 77.0 cm³/mol. The third-order valence-electron chi connectivity index (χ3n) is 3.89. The average Bonchev–Trinajstić information content (AvgIpc) is 3.17. The van der Waals surface area contributed by atoms with Crippen LogP contribution in [0.15, 0.2) is 12.3 Å². The molecule has 21 heavy (non-hydrogen) atoms. The van der Waals surface area contributed by atoms with Crippen LogP contribution in [0.3, 0.4) is 0 Å². The molecule has 0 saturated carbocycles. The van der Waals surface area contributed by atoms with Gasteiger partial charge in [0.1, 0.15) is 5.69 Å². The number of aromatic amines is 1. The maximum absolute atomic E-state index is 12.5. The molecule has 2 aromatic heterocycles. The molecule has 7 heteroatoms. The second-order valence-corrected chi connectivity index (χ2v) is 5.90. The summed E-state index contributed by atoms with van der Waals surface area (Å²) < 4.78 is 1.85. The van der Waals surface area contributed by atoms with Crippen molar-refractivity contribution in [2.24, 2.45) is 0 Å². The monoisotopic (exact) mass is 288 g/mol. The largest absolute Gasteiger partial charge is 0.335 e. The lowest BCUT2D eigenvalue weighted by atomic mass is 10.1. The first-order valence-corrected chi connectivity index (χ1v) is 7.27. The molecule has 2 aromatic rings. The summed E-state index contributed by atoms with van der Waals surface area (Å²) in [6.45, 7) is 7.44. The number of hydrogen-bond donors (Lipinski definition) is 1. The molecule has 0 spiro atoms. The summed E-state index contributed by atoms with van der Waals surface area (Å²) in [7, 11) is 0. The Hall–Kier alpha value is -2.18. The zero-order chi connectivity index (χ0) is 15.0. The Kier molecular flexibility index (Phi) is 3.48. The van der Waals surface area contributed by atoms with Crippen LogP contribution in [0, 0.1) is 6.92 Å². The van der Waals surface area contributed by atoms with Crippen molar-refractivity contribution in [2.75, 3.05) is 13.1 Å². The molecule has 1 atom stereocenters. The summed E-state index contributed by atoms with van der Waals surface area (Å²) in [5, 5.41) is 15.2. The van der Waals surface area contributed by atoms with Crippen molar-refractivity contribution < 1.29 is 4.79 Å². The van der Waals surface area contributed by atoms with Crippen molar-refractivity contribution in [1.82, 2.24) is 30.1 Å². The highest BCUT2D eigenvalue weighted by Crippen LogP contribution is 2.22. The number of H-pyrrole nitrogens is 1. The van der Waals surface area contributed by atoms with Gasteiger partial charge in [-0.1, -0.05) is 19.1 Å². The van der Waals surface area contributed by atoms with Gasteiger partial charge in [0, 0.05) is 25.0 Å². The van der Waals surface area contributed by atoms with Gasteiger partial charge in [0.05, 0.1) is 11.7 Å². The lowest BCUT2D eigenvalue weighted by molar-refractivity contribution is 0.0781. The van der Waals surface area contributed by atoms with E-state index in [1.165, 1.54) is 0 Å². The maximum Gasteiger partial charge on any atom is 0.274 e. The number of hydrogen-bond acceptors (Lipinski definition) is 4. The SMILES string of the molecule is Cc1cn(C2CCN(C(=O)c3cc(C(C)C)[nH]n3)C2)nn1. The first-order valence-electron chi connectivity index (χ1n) is 7.27. The van der Waals surface area contributed by atoms with E-state index in [9.17, 15) is 4.79 Å². The fraction of sp³-hybridized carbons (Fsp3) is 0.571. The van der Waals surface area contributed by atoms with Crippen molar-refractivity contribution >= 4 is 5.91 Å². The van der Waals surface area contributed by atoms with Crippen molar-refractivity contribution in [1.29, 1.82) is 0 Å². The summed E-state index contributed by atoms with van der Waals surface area (Å²) in [5.41, 5.74) is 2.38.